The molecule has 0 radical (unpaired) electrons. The van der Waals surface area contributed by atoms with Gasteiger partial charge in [0.25, 0.3) is 0 Å². The number of rotatable bonds is 6. The standard InChI is InChI=1S/C18H27N3O2/c1-21(14-10-11-14)18(19)20-12-13-6-5-9-16(22-2)17(13)23-15-7-3-4-8-15/h5-6,9,14-15H,3-4,7-8,10-12H2,1-2H3,(H2,19,20). The molecule has 5 heteroatoms. The third kappa shape index (κ3) is 3.89. The van der Waals surface area contributed by atoms with E-state index in [0.29, 0.717) is 24.7 Å². The van der Waals surface area contributed by atoms with Crippen molar-refractivity contribution in [3.05, 3.63) is 23.8 Å². The van der Waals surface area contributed by atoms with E-state index < -0.39 is 0 Å². The summed E-state index contributed by atoms with van der Waals surface area (Å²) in [6, 6.07) is 6.53. The van der Waals surface area contributed by atoms with Gasteiger partial charge in [0.1, 0.15) is 0 Å². The summed E-state index contributed by atoms with van der Waals surface area (Å²) in [6.45, 7) is 0.516. The molecule has 0 aliphatic heterocycles. The van der Waals surface area contributed by atoms with Crippen LogP contribution in [0, 0.1) is 0 Å². The quantitative estimate of drug-likeness (QED) is 0.647. The minimum absolute atomic E-state index is 0.292. The van der Waals surface area contributed by atoms with Crippen molar-refractivity contribution in [1.82, 2.24) is 4.90 Å². The summed E-state index contributed by atoms with van der Waals surface area (Å²) >= 11 is 0. The maximum Gasteiger partial charge on any atom is 0.191 e. The lowest BCUT2D eigenvalue weighted by atomic mass is 10.1. The van der Waals surface area contributed by atoms with E-state index in [2.05, 4.69) is 9.89 Å². The molecular weight excluding hydrogens is 290 g/mol. The first-order valence-corrected chi connectivity index (χ1v) is 8.54. The molecular formula is C18H27N3O2. The summed E-state index contributed by atoms with van der Waals surface area (Å²) in [5, 5.41) is 0. The first-order chi connectivity index (χ1) is 11.2. The number of aliphatic imine (C=N–C) groups is 1. The molecule has 0 aromatic heterocycles. The van der Waals surface area contributed by atoms with Gasteiger partial charge in [-0.15, -0.1) is 0 Å². The Labute approximate surface area is 138 Å². The first kappa shape index (κ1) is 16.0. The van der Waals surface area contributed by atoms with Crippen LogP contribution >= 0.6 is 0 Å². The van der Waals surface area contributed by atoms with Crippen LogP contribution in [-0.4, -0.2) is 37.2 Å². The summed E-state index contributed by atoms with van der Waals surface area (Å²) < 4.78 is 11.7. The molecule has 0 atom stereocenters. The molecule has 2 N–H and O–H groups in total. The fraction of sp³-hybridized carbons (Fsp3) is 0.611. The minimum Gasteiger partial charge on any atom is -0.493 e. The van der Waals surface area contributed by atoms with Gasteiger partial charge < -0.3 is 20.1 Å². The fourth-order valence-corrected chi connectivity index (χ4v) is 3.08. The maximum atomic E-state index is 6.23. The zero-order valence-corrected chi connectivity index (χ0v) is 14.1. The predicted octanol–water partition coefficient (Wildman–Crippen LogP) is 2.93. The van der Waals surface area contributed by atoms with Crippen LogP contribution in [0.2, 0.25) is 0 Å². The molecule has 0 spiro atoms. The Morgan fingerprint density at radius 3 is 2.65 bits per heavy atom. The molecule has 0 saturated heterocycles. The molecule has 1 aromatic carbocycles. The van der Waals surface area contributed by atoms with E-state index in [1.54, 1.807) is 7.11 Å². The van der Waals surface area contributed by atoms with Crippen molar-refractivity contribution < 1.29 is 9.47 Å². The van der Waals surface area contributed by atoms with Crippen LogP contribution in [0.4, 0.5) is 0 Å². The van der Waals surface area contributed by atoms with Crippen LogP contribution in [0.5, 0.6) is 11.5 Å². The molecule has 0 bridgehead atoms. The molecule has 0 amide bonds. The predicted molar refractivity (Wildman–Crippen MR) is 92.0 cm³/mol. The van der Waals surface area contributed by atoms with E-state index in [9.17, 15) is 0 Å². The van der Waals surface area contributed by atoms with Crippen molar-refractivity contribution in [2.24, 2.45) is 10.7 Å². The van der Waals surface area contributed by atoms with Crippen LogP contribution in [-0.2, 0) is 6.54 Å². The Bertz CT molecular complexity index is 563. The van der Waals surface area contributed by atoms with Crippen molar-refractivity contribution >= 4 is 5.96 Å². The fourth-order valence-electron chi connectivity index (χ4n) is 3.08. The Morgan fingerprint density at radius 2 is 2.00 bits per heavy atom. The lowest BCUT2D eigenvalue weighted by Crippen LogP contribution is -2.35. The molecule has 5 nitrogen and oxygen atoms in total. The van der Waals surface area contributed by atoms with Gasteiger partial charge >= 0.3 is 0 Å². The second kappa shape index (κ2) is 7.11. The van der Waals surface area contributed by atoms with Crippen LogP contribution in [0.3, 0.4) is 0 Å². The maximum absolute atomic E-state index is 6.23. The number of guanidine groups is 1. The molecule has 3 rings (SSSR count). The van der Waals surface area contributed by atoms with E-state index in [1.807, 2.05) is 25.2 Å². The molecule has 0 unspecified atom stereocenters. The van der Waals surface area contributed by atoms with Crippen molar-refractivity contribution in [2.45, 2.75) is 57.2 Å². The second-order valence-corrected chi connectivity index (χ2v) is 6.49. The molecule has 126 valence electrons. The molecule has 0 heterocycles. The third-order valence-electron chi connectivity index (χ3n) is 4.73. The van der Waals surface area contributed by atoms with E-state index >= 15 is 0 Å². The van der Waals surface area contributed by atoms with E-state index in [4.69, 9.17) is 15.2 Å². The zero-order valence-electron chi connectivity index (χ0n) is 14.1. The van der Waals surface area contributed by atoms with Crippen molar-refractivity contribution in [3.8, 4) is 11.5 Å². The van der Waals surface area contributed by atoms with Gasteiger partial charge in [-0.25, -0.2) is 4.99 Å². The summed E-state index contributed by atoms with van der Waals surface area (Å²) in [6.07, 6.45) is 7.43. The third-order valence-corrected chi connectivity index (χ3v) is 4.73. The second-order valence-electron chi connectivity index (χ2n) is 6.49. The van der Waals surface area contributed by atoms with Gasteiger partial charge in [0.05, 0.1) is 19.8 Å². The summed E-state index contributed by atoms with van der Waals surface area (Å²) in [4.78, 5) is 6.62. The summed E-state index contributed by atoms with van der Waals surface area (Å²) in [5.74, 6) is 2.20. The smallest absolute Gasteiger partial charge is 0.191 e. The molecule has 23 heavy (non-hydrogen) atoms. The van der Waals surface area contributed by atoms with Gasteiger partial charge in [-0.1, -0.05) is 12.1 Å². The monoisotopic (exact) mass is 317 g/mol. The largest absolute Gasteiger partial charge is 0.493 e. The number of hydrogen-bond acceptors (Lipinski definition) is 3. The van der Waals surface area contributed by atoms with E-state index in [0.717, 1.165) is 29.9 Å². The van der Waals surface area contributed by atoms with Gasteiger partial charge in [0.15, 0.2) is 17.5 Å². The van der Waals surface area contributed by atoms with Crippen LogP contribution < -0.4 is 15.2 Å². The van der Waals surface area contributed by atoms with Gasteiger partial charge in [-0.3, -0.25) is 0 Å². The zero-order chi connectivity index (χ0) is 16.2. The van der Waals surface area contributed by atoms with Gasteiger partial charge in [0, 0.05) is 18.7 Å². The Balaban J connectivity index is 1.75. The number of nitrogens with zero attached hydrogens (tertiary/aromatic N) is 2. The highest BCUT2D eigenvalue weighted by molar-refractivity contribution is 5.78. The highest BCUT2D eigenvalue weighted by Gasteiger charge is 2.27. The highest BCUT2D eigenvalue weighted by Crippen LogP contribution is 2.35. The average molecular weight is 317 g/mol. The number of para-hydroxylation sites is 1. The number of nitrogens with two attached hydrogens (primary N) is 1. The van der Waals surface area contributed by atoms with E-state index in [-0.39, 0.29) is 0 Å². The van der Waals surface area contributed by atoms with Gasteiger partial charge in [-0.2, -0.15) is 0 Å². The van der Waals surface area contributed by atoms with Crippen molar-refractivity contribution in [2.75, 3.05) is 14.2 Å². The first-order valence-electron chi connectivity index (χ1n) is 8.54. The van der Waals surface area contributed by atoms with Crippen molar-refractivity contribution in [3.63, 3.8) is 0 Å². The Kier molecular flexibility index (Phi) is 4.94. The SMILES string of the molecule is COc1cccc(CN=C(N)N(C)C2CC2)c1OC1CCCC1. The Hall–Kier alpha value is -1.91. The number of ether oxygens (including phenoxy) is 2. The lowest BCUT2D eigenvalue weighted by molar-refractivity contribution is 0.198. The van der Waals surface area contributed by atoms with Gasteiger partial charge in [-0.05, 0) is 44.6 Å². The lowest BCUT2D eigenvalue weighted by Gasteiger charge is -2.20. The molecule has 2 saturated carbocycles. The summed E-state index contributed by atoms with van der Waals surface area (Å²) in [7, 11) is 3.69. The molecule has 2 aliphatic carbocycles. The normalized spacial score (nSPS) is 19.0. The average Bonchev–Trinajstić information content (AvgIpc) is 3.30. The number of benzene rings is 1. The Morgan fingerprint density at radius 1 is 1.26 bits per heavy atom. The van der Waals surface area contributed by atoms with Crippen LogP contribution in [0.1, 0.15) is 44.1 Å². The van der Waals surface area contributed by atoms with Crippen LogP contribution in [0.15, 0.2) is 23.2 Å². The topological polar surface area (TPSA) is 60.1 Å². The molecule has 2 aliphatic rings. The minimum atomic E-state index is 0.292. The molecule has 2 fully saturated rings. The van der Waals surface area contributed by atoms with Crippen molar-refractivity contribution in [1.29, 1.82) is 0 Å². The number of hydrogen-bond donors (Lipinski definition) is 1. The van der Waals surface area contributed by atoms with Crippen LogP contribution in [0.25, 0.3) is 0 Å². The van der Waals surface area contributed by atoms with E-state index in [1.165, 1.54) is 25.7 Å². The summed E-state index contributed by atoms with van der Waals surface area (Å²) in [5.41, 5.74) is 7.12. The highest BCUT2D eigenvalue weighted by atomic mass is 16.5. The van der Waals surface area contributed by atoms with Gasteiger partial charge in [0.2, 0.25) is 0 Å². The number of methoxy groups -OCH3 is 1. The molecule has 1 aromatic rings.